The second-order valence-electron chi connectivity index (χ2n) is 6.41. The molecule has 6 heteroatoms. The highest BCUT2D eigenvalue weighted by Crippen LogP contribution is 2.41. The molecule has 0 aliphatic carbocycles. The van der Waals surface area contributed by atoms with Crippen LogP contribution < -0.4 is 0 Å². The zero-order valence-corrected chi connectivity index (χ0v) is 14.4. The summed E-state index contributed by atoms with van der Waals surface area (Å²) in [5.74, 6) is 0. The fourth-order valence-electron chi connectivity index (χ4n) is 3.94. The van der Waals surface area contributed by atoms with Gasteiger partial charge in [0.05, 0.1) is 21.9 Å². The molecular weight excluding hydrogens is 316 g/mol. The number of aromatic amines is 1. The summed E-state index contributed by atoms with van der Waals surface area (Å²) in [6.45, 7) is 4.37. The zero-order chi connectivity index (χ0) is 15.2. The van der Waals surface area contributed by atoms with Crippen LogP contribution in [0.1, 0.15) is 29.1 Å². The summed E-state index contributed by atoms with van der Waals surface area (Å²) in [7, 11) is 2.26. The number of piperidine rings is 1. The number of aromatic nitrogens is 2. The predicted octanol–water partition coefficient (Wildman–Crippen LogP) is 3.10. The number of nitrogens with one attached hydrogen (secondary N) is 1. The smallest absolute Gasteiger partial charge is 0.0931 e. The van der Waals surface area contributed by atoms with Crippen LogP contribution in [0.4, 0.5) is 0 Å². The van der Waals surface area contributed by atoms with E-state index in [2.05, 4.69) is 32.9 Å². The first-order valence-electron chi connectivity index (χ1n) is 7.88. The Morgan fingerprint density at radius 2 is 2.14 bits per heavy atom. The van der Waals surface area contributed by atoms with E-state index in [1.54, 1.807) is 11.3 Å². The minimum Gasteiger partial charge on any atom is -0.348 e. The van der Waals surface area contributed by atoms with Gasteiger partial charge in [-0.3, -0.25) is 9.80 Å². The summed E-state index contributed by atoms with van der Waals surface area (Å²) >= 11 is 7.73. The number of imidazole rings is 1. The molecule has 1 fully saturated rings. The lowest BCUT2D eigenvalue weighted by Crippen LogP contribution is -2.54. The van der Waals surface area contributed by atoms with Crippen LogP contribution in [0, 0.1) is 0 Å². The summed E-state index contributed by atoms with van der Waals surface area (Å²) in [6, 6.07) is 4.15. The Bertz CT molecular complexity index is 657. The van der Waals surface area contributed by atoms with Gasteiger partial charge in [0.15, 0.2) is 0 Å². The average Bonchev–Trinajstić information content (AvgIpc) is 3.15. The third-order valence-corrected chi connectivity index (χ3v) is 6.49. The number of hydrogen-bond donors (Lipinski definition) is 1. The van der Waals surface area contributed by atoms with Gasteiger partial charge in [0, 0.05) is 43.2 Å². The minimum atomic E-state index is 0.136. The second kappa shape index (κ2) is 5.64. The van der Waals surface area contributed by atoms with Crippen LogP contribution in [0.3, 0.4) is 0 Å². The Balaban J connectivity index is 1.49. The summed E-state index contributed by atoms with van der Waals surface area (Å²) < 4.78 is 0.886. The van der Waals surface area contributed by atoms with Crippen molar-refractivity contribution in [3.05, 3.63) is 39.1 Å². The van der Waals surface area contributed by atoms with Gasteiger partial charge >= 0.3 is 0 Å². The van der Waals surface area contributed by atoms with Crippen molar-refractivity contribution < 1.29 is 0 Å². The number of fused-ring (bicyclic) bond motifs is 2. The molecule has 0 unspecified atom stereocenters. The third kappa shape index (κ3) is 2.40. The van der Waals surface area contributed by atoms with E-state index in [4.69, 9.17) is 11.6 Å². The Morgan fingerprint density at radius 3 is 2.86 bits per heavy atom. The van der Waals surface area contributed by atoms with Crippen LogP contribution in [0.5, 0.6) is 0 Å². The van der Waals surface area contributed by atoms with Crippen LogP contribution in [0.2, 0.25) is 4.34 Å². The van der Waals surface area contributed by atoms with Gasteiger partial charge in [-0.05, 0) is 32.0 Å². The first-order chi connectivity index (χ1) is 10.7. The van der Waals surface area contributed by atoms with E-state index in [0.29, 0.717) is 0 Å². The lowest BCUT2D eigenvalue weighted by molar-refractivity contribution is 0.0224. The molecule has 4 rings (SSSR count). The lowest BCUT2D eigenvalue weighted by Gasteiger charge is -2.49. The topological polar surface area (TPSA) is 35.2 Å². The molecule has 1 spiro atoms. The Kier molecular flexibility index (Phi) is 3.77. The van der Waals surface area contributed by atoms with E-state index in [0.717, 1.165) is 49.8 Å². The first kappa shape index (κ1) is 14.7. The van der Waals surface area contributed by atoms with Crippen molar-refractivity contribution in [1.82, 2.24) is 19.8 Å². The molecule has 118 valence electrons. The molecule has 4 heterocycles. The van der Waals surface area contributed by atoms with Gasteiger partial charge < -0.3 is 4.98 Å². The molecule has 0 atom stereocenters. The van der Waals surface area contributed by atoms with E-state index in [1.807, 2.05) is 12.4 Å². The van der Waals surface area contributed by atoms with E-state index >= 15 is 0 Å². The summed E-state index contributed by atoms with van der Waals surface area (Å²) in [4.78, 5) is 14.4. The number of halogens is 1. The van der Waals surface area contributed by atoms with Gasteiger partial charge in [-0.1, -0.05) is 11.6 Å². The van der Waals surface area contributed by atoms with Crippen LogP contribution in [0.25, 0.3) is 0 Å². The van der Waals surface area contributed by atoms with Gasteiger partial charge in [0.2, 0.25) is 0 Å². The molecule has 1 saturated heterocycles. The van der Waals surface area contributed by atoms with E-state index < -0.39 is 0 Å². The van der Waals surface area contributed by atoms with Crippen LogP contribution in [0.15, 0.2) is 18.5 Å². The highest BCUT2D eigenvalue weighted by molar-refractivity contribution is 7.16. The number of hydrogen-bond acceptors (Lipinski definition) is 4. The van der Waals surface area contributed by atoms with Gasteiger partial charge in [-0.25, -0.2) is 4.98 Å². The average molecular weight is 337 g/mol. The highest BCUT2D eigenvalue weighted by Gasteiger charge is 2.44. The maximum atomic E-state index is 6.04. The van der Waals surface area contributed by atoms with Crippen molar-refractivity contribution in [2.75, 3.05) is 26.7 Å². The number of rotatable bonds is 2. The third-order valence-electron chi connectivity index (χ3n) is 5.28. The molecular formula is C16H21ClN4S. The normalized spacial score (nSPS) is 22.1. The standard InChI is InChI=1S/C16H21ClN4S/c1-20-7-4-13-15(19-11-18-13)16(20)5-8-21(9-6-16)10-12-2-3-14(17)22-12/h2-3,11H,4-10H2,1H3,(H,18,19). The number of thiophene rings is 1. The lowest BCUT2D eigenvalue weighted by atomic mass is 9.79. The maximum Gasteiger partial charge on any atom is 0.0931 e. The maximum absolute atomic E-state index is 6.04. The fraction of sp³-hybridized carbons (Fsp3) is 0.562. The largest absolute Gasteiger partial charge is 0.348 e. The van der Waals surface area contributed by atoms with Gasteiger partial charge in [0.25, 0.3) is 0 Å². The molecule has 4 nitrogen and oxygen atoms in total. The van der Waals surface area contributed by atoms with Crippen molar-refractivity contribution in [3.8, 4) is 0 Å². The molecule has 2 aromatic heterocycles. The molecule has 2 aliphatic heterocycles. The zero-order valence-electron chi connectivity index (χ0n) is 12.8. The Labute approximate surface area is 140 Å². The molecule has 0 saturated carbocycles. The van der Waals surface area contributed by atoms with Crippen molar-refractivity contribution in [2.45, 2.75) is 31.3 Å². The number of likely N-dealkylation sites (N-methyl/N-ethyl adjacent to an activating group) is 1. The van der Waals surface area contributed by atoms with Crippen LogP contribution >= 0.6 is 22.9 Å². The summed E-state index contributed by atoms with van der Waals surface area (Å²) in [6.07, 6.45) is 5.26. The van der Waals surface area contributed by atoms with Crippen molar-refractivity contribution in [1.29, 1.82) is 0 Å². The van der Waals surface area contributed by atoms with Gasteiger partial charge in [-0.15, -0.1) is 11.3 Å². The number of H-pyrrole nitrogens is 1. The quantitative estimate of drug-likeness (QED) is 0.915. The molecule has 1 N–H and O–H groups in total. The molecule has 0 bridgehead atoms. The van der Waals surface area contributed by atoms with Gasteiger partial charge in [-0.2, -0.15) is 0 Å². The molecule has 22 heavy (non-hydrogen) atoms. The van der Waals surface area contributed by atoms with Crippen LogP contribution in [-0.2, 0) is 18.5 Å². The fourth-order valence-corrected chi connectivity index (χ4v) is 5.07. The second-order valence-corrected chi connectivity index (χ2v) is 8.21. The Morgan fingerprint density at radius 1 is 1.32 bits per heavy atom. The molecule has 0 aromatic carbocycles. The molecule has 0 radical (unpaired) electrons. The van der Waals surface area contributed by atoms with Crippen LogP contribution in [-0.4, -0.2) is 46.4 Å². The van der Waals surface area contributed by atoms with E-state index in [9.17, 15) is 0 Å². The number of likely N-dealkylation sites (tertiary alicyclic amines) is 1. The predicted molar refractivity (Wildman–Crippen MR) is 90.4 cm³/mol. The number of nitrogens with zero attached hydrogens (tertiary/aromatic N) is 3. The van der Waals surface area contributed by atoms with E-state index in [-0.39, 0.29) is 5.54 Å². The minimum absolute atomic E-state index is 0.136. The highest BCUT2D eigenvalue weighted by atomic mass is 35.5. The summed E-state index contributed by atoms with van der Waals surface area (Å²) in [5.41, 5.74) is 2.77. The Hall–Kier alpha value is -0.880. The van der Waals surface area contributed by atoms with Gasteiger partial charge in [0.1, 0.15) is 0 Å². The first-order valence-corrected chi connectivity index (χ1v) is 9.07. The van der Waals surface area contributed by atoms with Crippen molar-refractivity contribution >= 4 is 22.9 Å². The SMILES string of the molecule is CN1CCc2[nH]cnc2C12CCN(Cc1ccc(Cl)s1)CC2. The van der Waals surface area contributed by atoms with E-state index in [1.165, 1.54) is 16.3 Å². The monoisotopic (exact) mass is 336 g/mol. The van der Waals surface area contributed by atoms with Crippen molar-refractivity contribution in [2.24, 2.45) is 0 Å². The van der Waals surface area contributed by atoms with Crippen molar-refractivity contribution in [3.63, 3.8) is 0 Å². The molecule has 2 aliphatic rings. The molecule has 0 amide bonds. The summed E-state index contributed by atoms with van der Waals surface area (Å²) in [5, 5.41) is 0. The molecule has 2 aromatic rings.